The van der Waals surface area contributed by atoms with Crippen LogP contribution in [0.2, 0.25) is 0 Å². The fourth-order valence-electron chi connectivity index (χ4n) is 1.27. The first-order valence-electron chi connectivity index (χ1n) is 5.38. The maximum absolute atomic E-state index is 11.7. The molecule has 0 unspecified atom stereocenters. The number of nitrogens with two attached hydrogens (primary N) is 1. The van der Waals surface area contributed by atoms with Crippen LogP contribution < -0.4 is 11.1 Å². The molecule has 0 aliphatic heterocycles. The van der Waals surface area contributed by atoms with Crippen LogP contribution in [0.25, 0.3) is 0 Å². The smallest absolute Gasteiger partial charge is 0.268 e. The predicted octanol–water partition coefficient (Wildman–Crippen LogP) is 1.97. The molecule has 7 heteroatoms. The van der Waals surface area contributed by atoms with Crippen LogP contribution in [0.1, 0.15) is 10.5 Å². The van der Waals surface area contributed by atoms with Crippen LogP contribution in [-0.2, 0) is 4.79 Å². The highest BCUT2D eigenvalue weighted by Gasteiger charge is 2.09. The van der Waals surface area contributed by atoms with Crippen LogP contribution in [0.4, 0.5) is 5.13 Å². The summed E-state index contributed by atoms with van der Waals surface area (Å²) in [5, 5.41) is 4.53. The minimum absolute atomic E-state index is 0.163. The molecular weight excluding hydrogens is 282 g/mol. The molecular formula is C12H11N3O2S2. The summed E-state index contributed by atoms with van der Waals surface area (Å²) in [7, 11) is 0. The molecule has 2 aromatic rings. The Hall–Kier alpha value is -1.86. The number of nitrogens with zero attached hydrogens (tertiary/aromatic N) is 1. The number of primary amides is 1. The van der Waals surface area contributed by atoms with Crippen molar-refractivity contribution in [3.05, 3.63) is 41.4 Å². The number of rotatable bonds is 5. The SMILES string of the molecule is NC(=O)c1csc(NC(=O)CSc2ccccc2)n1. The van der Waals surface area contributed by atoms with Gasteiger partial charge in [0, 0.05) is 10.3 Å². The molecule has 0 fully saturated rings. The Kier molecular flexibility index (Phi) is 4.53. The third kappa shape index (κ3) is 4.08. The monoisotopic (exact) mass is 293 g/mol. The second-order valence-corrected chi connectivity index (χ2v) is 5.46. The van der Waals surface area contributed by atoms with Gasteiger partial charge in [-0.2, -0.15) is 0 Å². The van der Waals surface area contributed by atoms with Crippen LogP contribution in [0, 0.1) is 0 Å². The second-order valence-electron chi connectivity index (χ2n) is 3.55. The first-order valence-corrected chi connectivity index (χ1v) is 7.24. The summed E-state index contributed by atoms with van der Waals surface area (Å²) >= 11 is 2.61. The van der Waals surface area contributed by atoms with Gasteiger partial charge in [-0.05, 0) is 12.1 Å². The fourth-order valence-corrected chi connectivity index (χ4v) is 2.70. The Morgan fingerprint density at radius 1 is 1.32 bits per heavy atom. The summed E-state index contributed by atoms with van der Waals surface area (Å²) in [5.41, 5.74) is 5.24. The fraction of sp³-hybridized carbons (Fsp3) is 0.0833. The van der Waals surface area contributed by atoms with Crippen molar-refractivity contribution in [2.45, 2.75) is 4.90 Å². The molecule has 2 amide bonds. The molecule has 3 N–H and O–H groups in total. The molecule has 0 saturated carbocycles. The number of hydrogen-bond donors (Lipinski definition) is 2. The number of amides is 2. The largest absolute Gasteiger partial charge is 0.364 e. The standard InChI is InChI=1S/C12H11N3O2S2/c13-11(17)9-6-19-12(14-9)15-10(16)7-18-8-4-2-1-3-5-8/h1-6H,7H2,(H2,13,17)(H,14,15,16). The molecule has 1 aromatic carbocycles. The van der Waals surface area contributed by atoms with Gasteiger partial charge in [-0.25, -0.2) is 4.98 Å². The summed E-state index contributed by atoms with van der Waals surface area (Å²) < 4.78 is 0. The number of benzene rings is 1. The van der Waals surface area contributed by atoms with Crippen molar-refractivity contribution >= 4 is 40.0 Å². The molecule has 1 heterocycles. The van der Waals surface area contributed by atoms with Gasteiger partial charge in [0.1, 0.15) is 5.69 Å². The van der Waals surface area contributed by atoms with Gasteiger partial charge in [-0.1, -0.05) is 18.2 Å². The van der Waals surface area contributed by atoms with E-state index in [2.05, 4.69) is 10.3 Å². The average Bonchev–Trinajstić information content (AvgIpc) is 2.86. The van der Waals surface area contributed by atoms with Gasteiger partial charge in [-0.15, -0.1) is 23.1 Å². The van der Waals surface area contributed by atoms with Gasteiger partial charge in [0.25, 0.3) is 5.91 Å². The van der Waals surface area contributed by atoms with Gasteiger partial charge in [0.15, 0.2) is 5.13 Å². The lowest BCUT2D eigenvalue weighted by Crippen LogP contribution is -2.15. The Bertz CT molecular complexity index is 584. The van der Waals surface area contributed by atoms with Crippen LogP contribution >= 0.6 is 23.1 Å². The minimum atomic E-state index is -0.601. The summed E-state index contributed by atoms with van der Waals surface area (Å²) in [6.45, 7) is 0. The normalized spacial score (nSPS) is 10.1. The van der Waals surface area contributed by atoms with Gasteiger partial charge in [0.2, 0.25) is 5.91 Å². The molecule has 0 radical (unpaired) electrons. The Morgan fingerprint density at radius 2 is 2.05 bits per heavy atom. The maximum atomic E-state index is 11.7. The molecule has 0 bridgehead atoms. The molecule has 0 saturated heterocycles. The zero-order valence-electron chi connectivity index (χ0n) is 9.83. The molecule has 0 spiro atoms. The van der Waals surface area contributed by atoms with Gasteiger partial charge in [-0.3, -0.25) is 9.59 Å². The van der Waals surface area contributed by atoms with Gasteiger partial charge < -0.3 is 11.1 Å². The lowest BCUT2D eigenvalue weighted by molar-refractivity contribution is -0.113. The van der Waals surface area contributed by atoms with E-state index in [0.717, 1.165) is 4.90 Å². The highest BCUT2D eigenvalue weighted by molar-refractivity contribution is 8.00. The number of aromatic nitrogens is 1. The third-order valence-corrected chi connectivity index (χ3v) is 3.89. The number of carbonyl (C=O) groups excluding carboxylic acids is 2. The van der Waals surface area contributed by atoms with Gasteiger partial charge in [0.05, 0.1) is 5.75 Å². The number of nitrogens with one attached hydrogen (secondary N) is 1. The van der Waals surface area contributed by atoms with Crippen LogP contribution in [-0.4, -0.2) is 22.6 Å². The van der Waals surface area contributed by atoms with Crippen molar-refractivity contribution in [2.24, 2.45) is 5.73 Å². The molecule has 19 heavy (non-hydrogen) atoms. The maximum Gasteiger partial charge on any atom is 0.268 e. The second kappa shape index (κ2) is 6.35. The van der Waals surface area contributed by atoms with Crippen molar-refractivity contribution in [3.63, 3.8) is 0 Å². The lowest BCUT2D eigenvalue weighted by atomic mass is 10.4. The van der Waals surface area contributed by atoms with E-state index in [1.54, 1.807) is 0 Å². The van der Waals surface area contributed by atoms with Crippen molar-refractivity contribution in [1.29, 1.82) is 0 Å². The first kappa shape index (κ1) is 13.6. The predicted molar refractivity (Wildman–Crippen MR) is 76.4 cm³/mol. The number of thiazole rings is 1. The highest BCUT2D eigenvalue weighted by Crippen LogP contribution is 2.19. The summed E-state index contributed by atoms with van der Waals surface area (Å²) in [6.07, 6.45) is 0. The van der Waals surface area contributed by atoms with E-state index in [-0.39, 0.29) is 17.4 Å². The van der Waals surface area contributed by atoms with E-state index in [0.29, 0.717) is 5.13 Å². The van der Waals surface area contributed by atoms with Crippen molar-refractivity contribution < 1.29 is 9.59 Å². The molecule has 0 aliphatic carbocycles. The minimum Gasteiger partial charge on any atom is -0.364 e. The van der Waals surface area contributed by atoms with E-state index in [1.807, 2.05) is 30.3 Å². The zero-order chi connectivity index (χ0) is 13.7. The molecule has 0 atom stereocenters. The Labute approximate surface area is 118 Å². The molecule has 0 aliphatic rings. The number of hydrogen-bond acceptors (Lipinski definition) is 5. The van der Waals surface area contributed by atoms with Crippen LogP contribution in [0.15, 0.2) is 40.6 Å². The van der Waals surface area contributed by atoms with E-state index in [1.165, 1.54) is 28.5 Å². The number of thioether (sulfide) groups is 1. The summed E-state index contributed by atoms with van der Waals surface area (Å²) in [5.74, 6) is -0.482. The lowest BCUT2D eigenvalue weighted by Gasteiger charge is -2.01. The molecule has 98 valence electrons. The van der Waals surface area contributed by atoms with Crippen LogP contribution in [0.5, 0.6) is 0 Å². The number of carbonyl (C=O) groups is 2. The van der Waals surface area contributed by atoms with Crippen molar-refractivity contribution in [2.75, 3.05) is 11.1 Å². The highest BCUT2D eigenvalue weighted by atomic mass is 32.2. The molecule has 5 nitrogen and oxygen atoms in total. The zero-order valence-corrected chi connectivity index (χ0v) is 11.5. The quantitative estimate of drug-likeness (QED) is 0.825. The summed E-state index contributed by atoms with van der Waals surface area (Å²) in [4.78, 5) is 27.5. The van der Waals surface area contributed by atoms with E-state index in [4.69, 9.17) is 5.73 Å². The van der Waals surface area contributed by atoms with Crippen molar-refractivity contribution in [3.8, 4) is 0 Å². The van der Waals surface area contributed by atoms with Crippen molar-refractivity contribution in [1.82, 2.24) is 4.98 Å². The molecule has 1 aromatic heterocycles. The summed E-state index contributed by atoms with van der Waals surface area (Å²) in [6, 6.07) is 9.63. The topological polar surface area (TPSA) is 85.1 Å². The molecule has 2 rings (SSSR count). The third-order valence-electron chi connectivity index (χ3n) is 2.12. The van der Waals surface area contributed by atoms with Gasteiger partial charge >= 0.3 is 0 Å². The average molecular weight is 293 g/mol. The number of anilines is 1. The first-order chi connectivity index (χ1) is 9.15. The Morgan fingerprint density at radius 3 is 2.68 bits per heavy atom. The van der Waals surface area contributed by atoms with Crippen LogP contribution in [0.3, 0.4) is 0 Å². The Balaban J connectivity index is 1.85. The van der Waals surface area contributed by atoms with E-state index >= 15 is 0 Å². The van der Waals surface area contributed by atoms with E-state index in [9.17, 15) is 9.59 Å². The van der Waals surface area contributed by atoms with E-state index < -0.39 is 5.91 Å².